The van der Waals surface area contributed by atoms with Gasteiger partial charge in [-0.3, -0.25) is 4.79 Å². The average molecular weight is 339 g/mol. The standard InChI is InChI=1S/C18H20N4O3/c1-3-8-22-18-13(10-12-5-4-11(2)9-14(12)19-18)17(21-22)20-15(23)6-7-16(24)25/h4-5,9-10H,3,6-8H2,1-2H3,(H,24,25)(H,20,21,23)/p-1. The number of aliphatic carboxylic acids is 1. The predicted molar refractivity (Wildman–Crippen MR) is 92.9 cm³/mol. The Bertz CT molecular complexity index is 962. The Morgan fingerprint density at radius 3 is 2.76 bits per heavy atom. The number of pyridine rings is 1. The quantitative estimate of drug-likeness (QED) is 0.738. The van der Waals surface area contributed by atoms with Gasteiger partial charge < -0.3 is 15.2 Å². The van der Waals surface area contributed by atoms with Crippen molar-refractivity contribution in [3.63, 3.8) is 0 Å². The van der Waals surface area contributed by atoms with Crippen molar-refractivity contribution in [1.82, 2.24) is 14.8 Å². The zero-order chi connectivity index (χ0) is 18.0. The van der Waals surface area contributed by atoms with E-state index in [4.69, 9.17) is 4.98 Å². The maximum Gasteiger partial charge on any atom is 0.225 e. The Morgan fingerprint density at radius 2 is 2.04 bits per heavy atom. The number of nitrogens with zero attached hydrogens (tertiary/aromatic N) is 3. The fourth-order valence-electron chi connectivity index (χ4n) is 2.73. The van der Waals surface area contributed by atoms with Gasteiger partial charge in [0.25, 0.3) is 0 Å². The lowest BCUT2D eigenvalue weighted by molar-refractivity contribution is -0.305. The van der Waals surface area contributed by atoms with Crippen LogP contribution in [0.5, 0.6) is 0 Å². The molecule has 0 saturated carbocycles. The van der Waals surface area contributed by atoms with Crippen LogP contribution in [0.1, 0.15) is 31.7 Å². The number of carboxylic acid groups (broad SMARTS) is 1. The molecular formula is C18H19N4O3-. The number of benzene rings is 1. The van der Waals surface area contributed by atoms with Crippen LogP contribution in [0.2, 0.25) is 0 Å². The third kappa shape index (κ3) is 3.60. The number of anilines is 1. The first kappa shape index (κ1) is 16.9. The highest BCUT2D eigenvalue weighted by atomic mass is 16.4. The van der Waals surface area contributed by atoms with Gasteiger partial charge in [-0.2, -0.15) is 5.10 Å². The summed E-state index contributed by atoms with van der Waals surface area (Å²) in [6.07, 6.45) is 0.410. The molecule has 2 heterocycles. The molecule has 0 radical (unpaired) electrons. The topological polar surface area (TPSA) is 99.9 Å². The molecule has 1 N–H and O–H groups in total. The summed E-state index contributed by atoms with van der Waals surface area (Å²) < 4.78 is 1.77. The number of amides is 1. The Labute approximate surface area is 144 Å². The van der Waals surface area contributed by atoms with Crippen LogP contribution in [-0.4, -0.2) is 26.6 Å². The molecule has 0 spiro atoms. The zero-order valence-corrected chi connectivity index (χ0v) is 14.2. The fourth-order valence-corrected chi connectivity index (χ4v) is 2.73. The second-order valence-corrected chi connectivity index (χ2v) is 6.05. The van der Waals surface area contributed by atoms with Crippen molar-refractivity contribution in [2.45, 2.75) is 39.7 Å². The fraction of sp³-hybridized carbons (Fsp3) is 0.333. The normalized spacial score (nSPS) is 11.1. The predicted octanol–water partition coefficient (Wildman–Crippen LogP) is 1.77. The smallest absolute Gasteiger partial charge is 0.225 e. The van der Waals surface area contributed by atoms with Gasteiger partial charge in [0, 0.05) is 24.3 Å². The van der Waals surface area contributed by atoms with Crippen LogP contribution in [0.25, 0.3) is 21.9 Å². The Kier molecular flexibility index (Phi) is 4.65. The average Bonchev–Trinajstić information content (AvgIpc) is 2.88. The van der Waals surface area contributed by atoms with Gasteiger partial charge >= 0.3 is 0 Å². The van der Waals surface area contributed by atoms with Crippen LogP contribution in [0, 0.1) is 6.92 Å². The third-order valence-electron chi connectivity index (χ3n) is 3.92. The molecule has 0 atom stereocenters. The number of hydrogen-bond donors (Lipinski definition) is 1. The molecule has 7 heteroatoms. The van der Waals surface area contributed by atoms with Gasteiger partial charge in [-0.25, -0.2) is 9.67 Å². The highest BCUT2D eigenvalue weighted by Gasteiger charge is 2.15. The van der Waals surface area contributed by atoms with Crippen molar-refractivity contribution >= 4 is 39.6 Å². The van der Waals surface area contributed by atoms with Crippen LogP contribution in [-0.2, 0) is 16.1 Å². The molecule has 25 heavy (non-hydrogen) atoms. The molecule has 130 valence electrons. The molecule has 3 aromatic rings. The van der Waals surface area contributed by atoms with Crippen LogP contribution in [0.3, 0.4) is 0 Å². The summed E-state index contributed by atoms with van der Waals surface area (Å²) in [4.78, 5) is 27.2. The summed E-state index contributed by atoms with van der Waals surface area (Å²) in [5.41, 5.74) is 2.70. The number of carbonyl (C=O) groups is 2. The van der Waals surface area contributed by atoms with Crippen LogP contribution in [0.4, 0.5) is 5.82 Å². The van der Waals surface area contributed by atoms with E-state index in [1.54, 1.807) is 4.68 Å². The Balaban J connectivity index is 2.04. The van der Waals surface area contributed by atoms with Gasteiger partial charge in [0.15, 0.2) is 11.5 Å². The van der Waals surface area contributed by atoms with Crippen molar-refractivity contribution < 1.29 is 14.7 Å². The minimum absolute atomic E-state index is 0.148. The molecule has 1 amide bonds. The molecule has 1 aromatic carbocycles. The van der Waals surface area contributed by atoms with E-state index >= 15 is 0 Å². The number of carboxylic acids is 1. The first-order valence-corrected chi connectivity index (χ1v) is 8.25. The van der Waals surface area contributed by atoms with Crippen molar-refractivity contribution in [3.8, 4) is 0 Å². The largest absolute Gasteiger partial charge is 0.550 e. The molecule has 2 aromatic heterocycles. The maximum atomic E-state index is 12.0. The summed E-state index contributed by atoms with van der Waals surface area (Å²) in [7, 11) is 0. The van der Waals surface area contributed by atoms with Crippen molar-refractivity contribution in [2.75, 3.05) is 5.32 Å². The van der Waals surface area contributed by atoms with Gasteiger partial charge in [-0.1, -0.05) is 19.1 Å². The van der Waals surface area contributed by atoms with E-state index < -0.39 is 11.9 Å². The number of nitrogens with one attached hydrogen (secondary N) is 1. The molecule has 0 aliphatic heterocycles. The highest BCUT2D eigenvalue weighted by molar-refractivity contribution is 6.03. The number of rotatable bonds is 6. The van der Waals surface area contributed by atoms with Gasteiger partial charge in [0.2, 0.25) is 5.91 Å². The number of fused-ring (bicyclic) bond motifs is 2. The number of aryl methyl sites for hydroxylation is 2. The highest BCUT2D eigenvalue weighted by Crippen LogP contribution is 2.26. The van der Waals surface area contributed by atoms with E-state index in [1.807, 2.05) is 38.1 Å². The monoisotopic (exact) mass is 339 g/mol. The number of hydrogen-bond acceptors (Lipinski definition) is 5. The SMILES string of the molecule is CCCn1nc(NC(=O)CCC(=O)[O-])c2cc3ccc(C)cc3nc21. The van der Waals surface area contributed by atoms with E-state index in [0.717, 1.165) is 28.3 Å². The Morgan fingerprint density at radius 1 is 1.24 bits per heavy atom. The van der Waals surface area contributed by atoms with Crippen molar-refractivity contribution in [3.05, 3.63) is 29.8 Å². The van der Waals surface area contributed by atoms with E-state index in [1.165, 1.54) is 0 Å². The number of carbonyl (C=O) groups excluding carboxylic acids is 2. The summed E-state index contributed by atoms with van der Waals surface area (Å²) in [6, 6.07) is 7.95. The summed E-state index contributed by atoms with van der Waals surface area (Å²) >= 11 is 0. The first-order valence-electron chi connectivity index (χ1n) is 8.25. The van der Waals surface area contributed by atoms with Crippen LogP contribution in [0.15, 0.2) is 24.3 Å². The van der Waals surface area contributed by atoms with Gasteiger partial charge in [0.1, 0.15) is 0 Å². The van der Waals surface area contributed by atoms with Gasteiger partial charge in [-0.15, -0.1) is 0 Å². The van der Waals surface area contributed by atoms with E-state index in [-0.39, 0.29) is 12.8 Å². The lowest BCUT2D eigenvalue weighted by Crippen LogP contribution is -2.24. The molecule has 0 aliphatic rings. The summed E-state index contributed by atoms with van der Waals surface area (Å²) in [5, 5.41) is 19.4. The molecular weight excluding hydrogens is 320 g/mol. The summed E-state index contributed by atoms with van der Waals surface area (Å²) in [5.74, 6) is -1.25. The second-order valence-electron chi connectivity index (χ2n) is 6.05. The maximum absolute atomic E-state index is 12.0. The van der Waals surface area contributed by atoms with Gasteiger partial charge in [0.05, 0.1) is 10.9 Å². The third-order valence-corrected chi connectivity index (χ3v) is 3.92. The minimum atomic E-state index is -1.25. The second kappa shape index (κ2) is 6.88. The molecule has 0 bridgehead atoms. The van der Waals surface area contributed by atoms with Gasteiger partial charge in [-0.05, 0) is 37.5 Å². The van der Waals surface area contributed by atoms with E-state index in [2.05, 4.69) is 10.4 Å². The lowest BCUT2D eigenvalue weighted by atomic mass is 10.1. The molecule has 0 aliphatic carbocycles. The molecule has 0 fully saturated rings. The number of aromatic nitrogens is 3. The molecule has 0 unspecified atom stereocenters. The van der Waals surface area contributed by atoms with Crippen LogP contribution < -0.4 is 10.4 Å². The first-order chi connectivity index (χ1) is 12.0. The zero-order valence-electron chi connectivity index (χ0n) is 14.2. The lowest BCUT2D eigenvalue weighted by Gasteiger charge is -2.04. The summed E-state index contributed by atoms with van der Waals surface area (Å²) in [6.45, 7) is 4.73. The van der Waals surface area contributed by atoms with E-state index in [0.29, 0.717) is 18.0 Å². The molecule has 7 nitrogen and oxygen atoms in total. The molecule has 0 saturated heterocycles. The van der Waals surface area contributed by atoms with Crippen LogP contribution >= 0.6 is 0 Å². The molecule has 3 rings (SSSR count). The van der Waals surface area contributed by atoms with Crippen molar-refractivity contribution in [1.29, 1.82) is 0 Å². The Hall–Kier alpha value is -2.96. The van der Waals surface area contributed by atoms with E-state index in [9.17, 15) is 14.7 Å². The van der Waals surface area contributed by atoms with Crippen molar-refractivity contribution in [2.24, 2.45) is 0 Å². The minimum Gasteiger partial charge on any atom is -0.550 e.